The molecule has 0 aliphatic rings. The Morgan fingerprint density at radius 2 is 0.804 bits per heavy atom. The van der Waals surface area contributed by atoms with Gasteiger partial charge in [0.2, 0.25) is 0 Å². The van der Waals surface area contributed by atoms with Crippen molar-refractivity contribution < 1.29 is 19.1 Å². The lowest BCUT2D eigenvalue weighted by Gasteiger charge is -2.22. The molecule has 0 N–H and O–H groups in total. The Kier molecular flexibility index (Phi) is 11.2. The maximum Gasteiger partial charge on any atom is 0.320 e. The Bertz CT molecular complexity index is 1560. The van der Waals surface area contributed by atoms with Crippen molar-refractivity contribution in [1.29, 1.82) is 0 Å². The Morgan fingerprint density at radius 3 is 1.07 bits per heavy atom. The van der Waals surface area contributed by atoms with Crippen LogP contribution in [0, 0.1) is 25.7 Å². The quantitative estimate of drug-likeness (QED) is 0.128. The van der Waals surface area contributed by atoms with E-state index in [0.29, 0.717) is 0 Å². The summed E-state index contributed by atoms with van der Waals surface area (Å²) in [5, 5.41) is 0. The maximum atomic E-state index is 13.4. The molecule has 46 heavy (non-hydrogen) atoms. The molecule has 0 aliphatic carbocycles. The van der Waals surface area contributed by atoms with Gasteiger partial charge >= 0.3 is 11.9 Å². The van der Waals surface area contributed by atoms with Gasteiger partial charge in [-0.3, -0.25) is 9.59 Å². The lowest BCUT2D eigenvalue weighted by atomic mass is 9.83. The molecule has 4 aromatic rings. The van der Waals surface area contributed by atoms with Crippen LogP contribution in [0.3, 0.4) is 0 Å². The van der Waals surface area contributed by atoms with E-state index in [1.165, 1.54) is 14.2 Å². The normalized spacial score (nSPS) is 12.5. The van der Waals surface area contributed by atoms with Gasteiger partial charge in [-0.25, -0.2) is 0 Å². The lowest BCUT2D eigenvalue weighted by Crippen LogP contribution is -2.32. The molecule has 0 fully saturated rings. The molecule has 0 amide bonds. The predicted molar refractivity (Wildman–Crippen MR) is 189 cm³/mol. The largest absolute Gasteiger partial charge is 0.468 e. The molecule has 0 spiro atoms. The Morgan fingerprint density at radius 1 is 0.522 bits per heavy atom. The Balaban J connectivity index is 2.04. The van der Waals surface area contributed by atoms with Crippen LogP contribution in [-0.4, -0.2) is 54.3 Å². The molecule has 0 atom stereocenters. The van der Waals surface area contributed by atoms with Gasteiger partial charge in [0.05, 0.1) is 14.2 Å². The highest BCUT2D eigenvalue weighted by Crippen LogP contribution is 2.34. The Hall–Kier alpha value is -5.10. The maximum absolute atomic E-state index is 13.4. The van der Waals surface area contributed by atoms with Crippen molar-refractivity contribution in [3.05, 3.63) is 143 Å². The highest BCUT2D eigenvalue weighted by atomic mass is 16.5. The summed E-state index contributed by atoms with van der Waals surface area (Å²) in [4.78, 5) is 30.9. The fraction of sp³-hybridized carbons (Fsp3) is 0.250. The number of hydrogen-bond donors (Lipinski definition) is 0. The van der Waals surface area contributed by atoms with E-state index in [1.807, 2.05) is 64.0 Å². The molecule has 0 unspecified atom stereocenters. The molecule has 0 saturated heterocycles. The third kappa shape index (κ3) is 8.13. The topological polar surface area (TPSA) is 59.1 Å². The van der Waals surface area contributed by atoms with Crippen LogP contribution in [-0.2, 0) is 19.1 Å². The molecule has 6 nitrogen and oxygen atoms in total. The van der Waals surface area contributed by atoms with Crippen LogP contribution in [0.15, 0.2) is 109 Å². The number of allylic oxidation sites excluding steroid dienone is 2. The molecule has 0 aromatic heterocycles. The van der Waals surface area contributed by atoms with Crippen LogP contribution in [0.1, 0.15) is 33.4 Å². The monoisotopic (exact) mass is 616 g/mol. The molecule has 4 rings (SSSR count). The average molecular weight is 617 g/mol. The summed E-state index contributed by atoms with van der Waals surface area (Å²) >= 11 is 0. The van der Waals surface area contributed by atoms with E-state index in [0.717, 1.165) is 55.9 Å². The zero-order valence-electron chi connectivity index (χ0n) is 28.1. The van der Waals surface area contributed by atoms with E-state index in [9.17, 15) is 9.59 Å². The molecule has 6 heteroatoms. The number of hydrogen-bond acceptors (Lipinski definition) is 6. The molecular weight excluding hydrogens is 572 g/mol. The van der Waals surface area contributed by atoms with Gasteiger partial charge in [-0.05, 0) is 71.5 Å². The smallest absolute Gasteiger partial charge is 0.320 e. The number of rotatable bonds is 11. The first-order chi connectivity index (χ1) is 22.0. The predicted octanol–water partition coefficient (Wildman–Crippen LogP) is 7.58. The van der Waals surface area contributed by atoms with Gasteiger partial charge < -0.3 is 19.3 Å². The van der Waals surface area contributed by atoms with Gasteiger partial charge in [0, 0.05) is 45.5 Å². The van der Waals surface area contributed by atoms with Crippen LogP contribution in [0.25, 0.3) is 11.1 Å². The first-order valence-corrected chi connectivity index (χ1v) is 15.3. The van der Waals surface area contributed by atoms with Crippen molar-refractivity contribution in [3.63, 3.8) is 0 Å². The second-order valence-electron chi connectivity index (χ2n) is 11.9. The zero-order valence-corrected chi connectivity index (χ0v) is 28.1. The van der Waals surface area contributed by atoms with Crippen molar-refractivity contribution >= 4 is 34.5 Å². The van der Waals surface area contributed by atoms with E-state index in [1.54, 1.807) is 0 Å². The lowest BCUT2D eigenvalue weighted by molar-refractivity contribution is -0.159. The number of aryl methyl sites for hydroxylation is 2. The number of nitrogens with zero attached hydrogens (tertiary/aromatic N) is 2. The molecule has 0 bridgehead atoms. The van der Waals surface area contributed by atoms with Crippen molar-refractivity contribution in [1.82, 2.24) is 0 Å². The minimum absolute atomic E-state index is 0.665. The van der Waals surface area contributed by atoms with Crippen LogP contribution in [0.4, 0.5) is 11.4 Å². The van der Waals surface area contributed by atoms with Crippen molar-refractivity contribution in [2.45, 2.75) is 13.8 Å². The van der Waals surface area contributed by atoms with Crippen LogP contribution < -0.4 is 9.80 Å². The summed E-state index contributed by atoms with van der Waals surface area (Å²) in [6, 6.07) is 33.0. The summed E-state index contributed by atoms with van der Waals surface area (Å²) in [5.41, 5.74) is 9.99. The number of anilines is 2. The summed E-state index contributed by atoms with van der Waals surface area (Å²) in [6.07, 6.45) is 3.99. The van der Waals surface area contributed by atoms with Gasteiger partial charge in [0.25, 0.3) is 0 Å². The third-order valence-electron chi connectivity index (χ3n) is 8.13. The van der Waals surface area contributed by atoms with Crippen LogP contribution >= 0.6 is 0 Å². The third-order valence-corrected chi connectivity index (χ3v) is 8.13. The summed E-state index contributed by atoms with van der Waals surface area (Å²) < 4.78 is 10.4. The summed E-state index contributed by atoms with van der Waals surface area (Å²) in [6.45, 7) is 4.09. The second kappa shape index (κ2) is 15.3. The molecule has 0 aliphatic heterocycles. The number of methoxy groups -OCH3 is 2. The SMILES string of the molecule is COC(=O)C(C(=O)OC)C(C=C(c1ccc(C)cc1)c1ccc(N(C)C)cc1)C=C(c1ccc(C)cc1)c1ccc(N(C)C)cc1. The second-order valence-corrected chi connectivity index (χ2v) is 11.9. The van der Waals surface area contributed by atoms with Gasteiger partial charge in [-0.15, -0.1) is 0 Å². The highest BCUT2D eigenvalue weighted by molar-refractivity contribution is 5.97. The molecule has 4 aromatic carbocycles. The van der Waals surface area contributed by atoms with E-state index >= 15 is 0 Å². The molecule has 0 heterocycles. The fourth-order valence-corrected chi connectivity index (χ4v) is 5.35. The average Bonchev–Trinajstić information content (AvgIpc) is 3.06. The minimum Gasteiger partial charge on any atom is -0.468 e. The van der Waals surface area contributed by atoms with Gasteiger partial charge in [-0.2, -0.15) is 0 Å². The van der Waals surface area contributed by atoms with Crippen molar-refractivity contribution in [2.75, 3.05) is 52.2 Å². The standard InChI is InChI=1S/C40H44N2O4/c1-27-9-13-29(14-10-27)36(31-17-21-34(22-18-31)41(3)4)25-33(38(39(43)45-7)40(44)46-8)26-37(30-15-11-28(2)12-16-30)32-19-23-35(24-20-32)42(5)6/h9-26,33,38H,1-8H3. The Labute approximate surface area is 273 Å². The summed E-state index contributed by atoms with van der Waals surface area (Å²) in [5.74, 6) is -3.30. The van der Waals surface area contributed by atoms with Crippen LogP contribution in [0.2, 0.25) is 0 Å². The fourth-order valence-electron chi connectivity index (χ4n) is 5.35. The highest BCUT2D eigenvalue weighted by Gasteiger charge is 2.36. The van der Waals surface area contributed by atoms with E-state index < -0.39 is 23.8 Å². The van der Waals surface area contributed by atoms with Gasteiger partial charge in [-0.1, -0.05) is 96.1 Å². The number of benzene rings is 4. The first kappa shape index (κ1) is 33.8. The molecule has 0 radical (unpaired) electrons. The van der Waals surface area contributed by atoms with Gasteiger partial charge in [0.15, 0.2) is 5.92 Å². The van der Waals surface area contributed by atoms with Crippen molar-refractivity contribution in [2.24, 2.45) is 11.8 Å². The number of ether oxygens (including phenoxy) is 2. The molecule has 0 saturated carbocycles. The minimum atomic E-state index is -1.24. The molecular formula is C40H44N2O4. The van der Waals surface area contributed by atoms with Crippen molar-refractivity contribution in [3.8, 4) is 0 Å². The zero-order chi connectivity index (χ0) is 33.4. The van der Waals surface area contributed by atoms with E-state index in [2.05, 4.69) is 97.1 Å². The van der Waals surface area contributed by atoms with E-state index in [4.69, 9.17) is 9.47 Å². The van der Waals surface area contributed by atoms with Crippen LogP contribution in [0.5, 0.6) is 0 Å². The van der Waals surface area contributed by atoms with E-state index in [-0.39, 0.29) is 0 Å². The van der Waals surface area contributed by atoms with Gasteiger partial charge in [0.1, 0.15) is 0 Å². The first-order valence-electron chi connectivity index (χ1n) is 15.3. The number of esters is 2. The number of carbonyl (C=O) groups is 2. The summed E-state index contributed by atoms with van der Waals surface area (Å²) in [7, 11) is 10.6. The molecule has 238 valence electrons. The number of carbonyl (C=O) groups excluding carboxylic acids is 2.